The zero-order valence-corrected chi connectivity index (χ0v) is 16.1. The standard InChI is InChI=1S/C19H30N2O3.ClH/c1-15(24-17-9-5-4-8-16(17)23-2)13-21-18(22)12-19(14-20)10-6-3-7-11-19;/h4-5,8-9,15H,3,6-7,10-14,20H2,1-2H3,(H,21,22);1H. The Morgan fingerprint density at radius 1 is 1.24 bits per heavy atom. The molecule has 0 spiro atoms. The number of benzene rings is 1. The summed E-state index contributed by atoms with van der Waals surface area (Å²) < 4.78 is 11.1. The summed E-state index contributed by atoms with van der Waals surface area (Å²) in [6.45, 7) is 3.00. The Morgan fingerprint density at radius 2 is 1.88 bits per heavy atom. The summed E-state index contributed by atoms with van der Waals surface area (Å²) >= 11 is 0. The highest BCUT2D eigenvalue weighted by Crippen LogP contribution is 2.38. The van der Waals surface area contributed by atoms with Crippen LogP contribution in [0.2, 0.25) is 0 Å². The van der Waals surface area contributed by atoms with Crippen molar-refractivity contribution in [3.05, 3.63) is 24.3 Å². The molecule has 1 saturated carbocycles. The van der Waals surface area contributed by atoms with Crippen molar-refractivity contribution in [2.24, 2.45) is 11.1 Å². The van der Waals surface area contributed by atoms with Gasteiger partial charge in [0.2, 0.25) is 5.91 Å². The quantitative estimate of drug-likeness (QED) is 0.736. The van der Waals surface area contributed by atoms with Gasteiger partial charge in [0.15, 0.2) is 11.5 Å². The molecule has 1 aromatic rings. The van der Waals surface area contributed by atoms with Crippen LogP contribution in [-0.2, 0) is 4.79 Å². The van der Waals surface area contributed by atoms with Crippen LogP contribution in [0.25, 0.3) is 0 Å². The lowest BCUT2D eigenvalue weighted by Gasteiger charge is -2.35. The maximum Gasteiger partial charge on any atom is 0.220 e. The predicted octanol–water partition coefficient (Wildman–Crippen LogP) is 3.30. The number of carbonyl (C=O) groups excluding carboxylic acids is 1. The Kier molecular flexibility index (Phi) is 9.08. The molecular weight excluding hydrogens is 340 g/mol. The molecule has 1 amide bonds. The molecule has 1 aliphatic rings. The van der Waals surface area contributed by atoms with E-state index >= 15 is 0 Å². The van der Waals surface area contributed by atoms with Crippen LogP contribution in [0.3, 0.4) is 0 Å². The van der Waals surface area contributed by atoms with Gasteiger partial charge in [0.25, 0.3) is 0 Å². The summed E-state index contributed by atoms with van der Waals surface area (Å²) in [7, 11) is 1.62. The largest absolute Gasteiger partial charge is 0.493 e. The van der Waals surface area contributed by atoms with Crippen LogP contribution in [0.15, 0.2) is 24.3 Å². The van der Waals surface area contributed by atoms with Gasteiger partial charge in [0.05, 0.1) is 13.7 Å². The van der Waals surface area contributed by atoms with Gasteiger partial charge in [0, 0.05) is 6.42 Å². The van der Waals surface area contributed by atoms with E-state index in [0.29, 0.717) is 31.0 Å². The third-order valence-corrected chi connectivity index (χ3v) is 4.87. The van der Waals surface area contributed by atoms with Gasteiger partial charge in [-0.25, -0.2) is 0 Å². The number of hydrogen-bond donors (Lipinski definition) is 2. The minimum atomic E-state index is -0.134. The number of hydrogen-bond acceptors (Lipinski definition) is 4. The van der Waals surface area contributed by atoms with Crippen LogP contribution in [0, 0.1) is 5.41 Å². The van der Waals surface area contributed by atoms with Crippen molar-refractivity contribution < 1.29 is 14.3 Å². The van der Waals surface area contributed by atoms with Crippen LogP contribution in [-0.4, -0.2) is 32.2 Å². The van der Waals surface area contributed by atoms with Gasteiger partial charge in [-0.2, -0.15) is 0 Å². The third kappa shape index (κ3) is 6.40. The van der Waals surface area contributed by atoms with Crippen molar-refractivity contribution in [2.45, 2.75) is 51.6 Å². The van der Waals surface area contributed by atoms with Crippen molar-refractivity contribution >= 4 is 18.3 Å². The zero-order valence-electron chi connectivity index (χ0n) is 15.3. The molecule has 5 nitrogen and oxygen atoms in total. The second-order valence-corrected chi connectivity index (χ2v) is 6.82. The minimum absolute atomic E-state index is 0. The highest BCUT2D eigenvalue weighted by Gasteiger charge is 2.32. The van der Waals surface area contributed by atoms with Crippen molar-refractivity contribution in [1.82, 2.24) is 5.32 Å². The van der Waals surface area contributed by atoms with Crippen molar-refractivity contribution in [1.29, 1.82) is 0 Å². The molecular formula is C19H31ClN2O3. The number of nitrogens with two attached hydrogens (primary N) is 1. The summed E-state index contributed by atoms with van der Waals surface area (Å²) in [6, 6.07) is 7.52. The van der Waals surface area contributed by atoms with E-state index in [1.54, 1.807) is 7.11 Å². The second-order valence-electron chi connectivity index (χ2n) is 6.82. The van der Waals surface area contributed by atoms with E-state index in [4.69, 9.17) is 15.2 Å². The molecule has 1 aromatic carbocycles. The Labute approximate surface area is 157 Å². The Morgan fingerprint density at radius 3 is 2.48 bits per heavy atom. The van der Waals surface area contributed by atoms with E-state index in [9.17, 15) is 4.79 Å². The monoisotopic (exact) mass is 370 g/mol. The van der Waals surface area contributed by atoms with Crippen LogP contribution in [0.4, 0.5) is 0 Å². The molecule has 3 N–H and O–H groups in total. The molecule has 1 unspecified atom stereocenters. The van der Waals surface area contributed by atoms with Gasteiger partial charge < -0.3 is 20.5 Å². The average molecular weight is 371 g/mol. The Balaban J connectivity index is 0.00000312. The summed E-state index contributed by atoms with van der Waals surface area (Å²) in [5, 5.41) is 2.99. The lowest BCUT2D eigenvalue weighted by molar-refractivity contribution is -0.124. The van der Waals surface area contributed by atoms with Crippen LogP contribution in [0.1, 0.15) is 45.4 Å². The SMILES string of the molecule is COc1ccccc1OC(C)CNC(=O)CC1(CN)CCCCC1.Cl. The van der Waals surface area contributed by atoms with Gasteiger partial charge in [-0.1, -0.05) is 31.4 Å². The van der Waals surface area contributed by atoms with Crippen molar-refractivity contribution in [3.63, 3.8) is 0 Å². The Bertz CT molecular complexity index is 533. The molecule has 6 heteroatoms. The van der Waals surface area contributed by atoms with E-state index in [-0.39, 0.29) is 29.8 Å². The molecule has 0 heterocycles. The van der Waals surface area contributed by atoms with Gasteiger partial charge in [0.1, 0.15) is 6.10 Å². The second kappa shape index (κ2) is 10.5. The topological polar surface area (TPSA) is 73.6 Å². The zero-order chi connectivity index (χ0) is 17.4. The van der Waals surface area contributed by atoms with E-state index in [0.717, 1.165) is 12.8 Å². The number of amides is 1. The summed E-state index contributed by atoms with van der Waals surface area (Å²) in [4.78, 5) is 12.3. The summed E-state index contributed by atoms with van der Waals surface area (Å²) in [5.41, 5.74) is 5.95. The molecule has 1 atom stereocenters. The average Bonchev–Trinajstić information content (AvgIpc) is 2.61. The van der Waals surface area contributed by atoms with Crippen molar-refractivity contribution in [3.8, 4) is 11.5 Å². The van der Waals surface area contributed by atoms with Gasteiger partial charge in [-0.3, -0.25) is 4.79 Å². The smallest absolute Gasteiger partial charge is 0.220 e. The van der Waals surface area contributed by atoms with Gasteiger partial charge in [-0.15, -0.1) is 12.4 Å². The molecule has 0 radical (unpaired) electrons. The van der Waals surface area contributed by atoms with E-state index in [2.05, 4.69) is 5.32 Å². The molecule has 0 aromatic heterocycles. The lowest BCUT2D eigenvalue weighted by atomic mass is 9.71. The normalized spacial score (nSPS) is 17.1. The first-order chi connectivity index (χ1) is 11.6. The predicted molar refractivity (Wildman–Crippen MR) is 103 cm³/mol. The van der Waals surface area contributed by atoms with Crippen LogP contribution in [0.5, 0.6) is 11.5 Å². The molecule has 2 rings (SSSR count). The molecule has 1 aliphatic carbocycles. The number of halogens is 1. The number of ether oxygens (including phenoxy) is 2. The molecule has 0 bridgehead atoms. The van der Waals surface area contributed by atoms with Gasteiger partial charge in [-0.05, 0) is 43.9 Å². The van der Waals surface area contributed by atoms with Crippen LogP contribution >= 0.6 is 12.4 Å². The van der Waals surface area contributed by atoms with E-state index in [1.807, 2.05) is 31.2 Å². The molecule has 25 heavy (non-hydrogen) atoms. The van der Waals surface area contributed by atoms with Crippen molar-refractivity contribution in [2.75, 3.05) is 20.2 Å². The van der Waals surface area contributed by atoms with Gasteiger partial charge >= 0.3 is 0 Å². The molecule has 1 fully saturated rings. The minimum Gasteiger partial charge on any atom is -0.493 e. The fourth-order valence-corrected chi connectivity index (χ4v) is 3.39. The number of para-hydroxylation sites is 2. The summed E-state index contributed by atoms with van der Waals surface area (Å²) in [6.07, 6.45) is 6.12. The first-order valence-corrected chi connectivity index (χ1v) is 8.85. The number of nitrogens with one attached hydrogen (secondary N) is 1. The maximum atomic E-state index is 12.3. The van der Waals surface area contributed by atoms with Crippen LogP contribution < -0.4 is 20.5 Å². The number of carbonyl (C=O) groups is 1. The fraction of sp³-hybridized carbons (Fsp3) is 0.632. The first-order valence-electron chi connectivity index (χ1n) is 8.85. The lowest BCUT2D eigenvalue weighted by Crippen LogP contribution is -2.40. The maximum absolute atomic E-state index is 12.3. The van der Waals surface area contributed by atoms with E-state index in [1.165, 1.54) is 19.3 Å². The molecule has 142 valence electrons. The summed E-state index contributed by atoms with van der Waals surface area (Å²) in [5.74, 6) is 1.45. The number of methoxy groups -OCH3 is 1. The number of rotatable bonds is 8. The molecule has 0 saturated heterocycles. The highest BCUT2D eigenvalue weighted by molar-refractivity contribution is 5.85. The highest BCUT2D eigenvalue weighted by atomic mass is 35.5. The molecule has 0 aliphatic heterocycles. The van der Waals surface area contributed by atoms with E-state index < -0.39 is 0 Å². The first kappa shape index (κ1) is 21.6. The Hall–Kier alpha value is -1.46. The third-order valence-electron chi connectivity index (χ3n) is 4.87. The fourth-order valence-electron chi connectivity index (χ4n) is 3.39.